The molecule has 0 bridgehead atoms. The number of hydrogen-bond acceptors (Lipinski definition) is 3. The highest BCUT2D eigenvalue weighted by Gasteiger charge is 2.11. The first-order chi connectivity index (χ1) is 7.60. The van der Waals surface area contributed by atoms with Gasteiger partial charge in [0.25, 0.3) is 0 Å². The molecule has 1 aromatic rings. The molecule has 1 unspecified atom stereocenters. The van der Waals surface area contributed by atoms with Crippen LogP contribution in [0.2, 0.25) is 0 Å². The Morgan fingerprint density at radius 1 is 1.12 bits per heavy atom. The second-order valence-corrected chi connectivity index (χ2v) is 3.80. The Kier molecular flexibility index (Phi) is 4.62. The zero-order valence-corrected chi connectivity index (χ0v) is 10.5. The summed E-state index contributed by atoms with van der Waals surface area (Å²) in [7, 11) is 0. The first-order valence-electron chi connectivity index (χ1n) is 5.75. The Morgan fingerprint density at radius 3 is 1.88 bits per heavy atom. The molecule has 16 heavy (non-hydrogen) atoms. The molecule has 1 rings (SSSR count). The summed E-state index contributed by atoms with van der Waals surface area (Å²) in [6.07, 6.45) is 0. The van der Waals surface area contributed by atoms with Crippen molar-refractivity contribution >= 4 is 0 Å². The van der Waals surface area contributed by atoms with Gasteiger partial charge in [0.05, 0.1) is 13.2 Å². The SMILES string of the molecule is CCOc1cc(C(C)N)cc(OCC)c1C. The highest BCUT2D eigenvalue weighted by Crippen LogP contribution is 2.31. The number of hydrogen-bond donors (Lipinski definition) is 1. The van der Waals surface area contributed by atoms with Gasteiger partial charge in [0.15, 0.2) is 0 Å². The Labute approximate surface area is 97.6 Å². The van der Waals surface area contributed by atoms with E-state index in [1.807, 2.05) is 39.8 Å². The lowest BCUT2D eigenvalue weighted by atomic mass is 10.1. The van der Waals surface area contributed by atoms with E-state index in [0.29, 0.717) is 13.2 Å². The molecule has 0 spiro atoms. The molecular formula is C13H21NO2. The maximum atomic E-state index is 5.88. The molecule has 90 valence electrons. The van der Waals surface area contributed by atoms with Crippen LogP contribution in [0.25, 0.3) is 0 Å². The fraction of sp³-hybridized carbons (Fsp3) is 0.538. The van der Waals surface area contributed by atoms with E-state index in [-0.39, 0.29) is 6.04 Å². The quantitative estimate of drug-likeness (QED) is 0.834. The monoisotopic (exact) mass is 223 g/mol. The summed E-state index contributed by atoms with van der Waals surface area (Å²) in [5, 5.41) is 0. The van der Waals surface area contributed by atoms with E-state index in [9.17, 15) is 0 Å². The third kappa shape index (κ3) is 2.89. The van der Waals surface area contributed by atoms with Crippen LogP contribution in [0.5, 0.6) is 11.5 Å². The van der Waals surface area contributed by atoms with Crippen molar-refractivity contribution in [3.8, 4) is 11.5 Å². The molecule has 3 heteroatoms. The van der Waals surface area contributed by atoms with Gasteiger partial charge in [-0.1, -0.05) is 0 Å². The summed E-state index contributed by atoms with van der Waals surface area (Å²) < 4.78 is 11.2. The van der Waals surface area contributed by atoms with Gasteiger partial charge in [-0.25, -0.2) is 0 Å². The van der Waals surface area contributed by atoms with Crippen molar-refractivity contribution in [3.63, 3.8) is 0 Å². The molecule has 1 aromatic carbocycles. The predicted molar refractivity (Wildman–Crippen MR) is 66.1 cm³/mol. The van der Waals surface area contributed by atoms with Gasteiger partial charge in [0.1, 0.15) is 11.5 Å². The molecule has 0 amide bonds. The Bertz CT molecular complexity index is 321. The number of benzene rings is 1. The molecular weight excluding hydrogens is 202 g/mol. The fourth-order valence-electron chi connectivity index (χ4n) is 1.56. The summed E-state index contributed by atoms with van der Waals surface area (Å²) in [4.78, 5) is 0. The van der Waals surface area contributed by atoms with Crippen molar-refractivity contribution in [3.05, 3.63) is 23.3 Å². The minimum absolute atomic E-state index is 0.0148. The van der Waals surface area contributed by atoms with Crippen LogP contribution in [0.15, 0.2) is 12.1 Å². The van der Waals surface area contributed by atoms with E-state index in [1.54, 1.807) is 0 Å². The van der Waals surface area contributed by atoms with E-state index in [4.69, 9.17) is 15.2 Å². The summed E-state index contributed by atoms with van der Waals surface area (Å²) in [6, 6.07) is 3.97. The molecule has 2 N–H and O–H groups in total. The van der Waals surface area contributed by atoms with Crippen molar-refractivity contribution in [1.29, 1.82) is 0 Å². The Hall–Kier alpha value is -1.22. The van der Waals surface area contributed by atoms with E-state index in [2.05, 4.69) is 0 Å². The third-order valence-electron chi connectivity index (χ3n) is 2.46. The van der Waals surface area contributed by atoms with Crippen LogP contribution in [0.4, 0.5) is 0 Å². The zero-order chi connectivity index (χ0) is 12.1. The van der Waals surface area contributed by atoms with E-state index < -0.39 is 0 Å². The predicted octanol–water partition coefficient (Wildman–Crippen LogP) is 2.81. The minimum atomic E-state index is -0.0148. The second-order valence-electron chi connectivity index (χ2n) is 3.80. The van der Waals surface area contributed by atoms with Gasteiger partial charge in [-0.2, -0.15) is 0 Å². The van der Waals surface area contributed by atoms with Crippen molar-refractivity contribution < 1.29 is 9.47 Å². The molecule has 0 saturated carbocycles. The van der Waals surface area contributed by atoms with Crippen LogP contribution >= 0.6 is 0 Å². The van der Waals surface area contributed by atoms with Crippen molar-refractivity contribution in [1.82, 2.24) is 0 Å². The number of rotatable bonds is 5. The summed E-state index contributed by atoms with van der Waals surface area (Å²) >= 11 is 0. The highest BCUT2D eigenvalue weighted by molar-refractivity contribution is 5.48. The van der Waals surface area contributed by atoms with E-state index in [0.717, 1.165) is 22.6 Å². The van der Waals surface area contributed by atoms with Gasteiger partial charge in [-0.15, -0.1) is 0 Å². The van der Waals surface area contributed by atoms with E-state index in [1.165, 1.54) is 0 Å². The average Bonchev–Trinajstić information content (AvgIpc) is 2.24. The molecule has 0 aliphatic carbocycles. The molecule has 0 heterocycles. The topological polar surface area (TPSA) is 44.5 Å². The van der Waals surface area contributed by atoms with Crippen LogP contribution in [0.3, 0.4) is 0 Å². The van der Waals surface area contributed by atoms with Gasteiger partial charge >= 0.3 is 0 Å². The van der Waals surface area contributed by atoms with Crippen LogP contribution < -0.4 is 15.2 Å². The lowest BCUT2D eigenvalue weighted by molar-refractivity contribution is 0.318. The standard InChI is InChI=1S/C13H21NO2/c1-5-15-12-7-11(10(4)14)8-13(9(12)3)16-6-2/h7-8,10H,5-6,14H2,1-4H3. The van der Waals surface area contributed by atoms with Crippen LogP contribution in [0.1, 0.15) is 37.9 Å². The summed E-state index contributed by atoms with van der Waals surface area (Å²) in [5.41, 5.74) is 7.96. The normalized spacial score (nSPS) is 12.3. The molecule has 0 aliphatic heterocycles. The smallest absolute Gasteiger partial charge is 0.126 e. The van der Waals surface area contributed by atoms with Crippen LogP contribution in [-0.4, -0.2) is 13.2 Å². The second kappa shape index (κ2) is 5.75. The average molecular weight is 223 g/mol. The lowest BCUT2D eigenvalue weighted by Crippen LogP contribution is -2.07. The molecule has 0 aromatic heterocycles. The van der Waals surface area contributed by atoms with Crippen molar-refractivity contribution in [2.24, 2.45) is 5.73 Å². The lowest BCUT2D eigenvalue weighted by Gasteiger charge is -2.16. The zero-order valence-electron chi connectivity index (χ0n) is 10.5. The van der Waals surface area contributed by atoms with Gasteiger partial charge in [0, 0.05) is 11.6 Å². The number of nitrogens with two attached hydrogens (primary N) is 1. The van der Waals surface area contributed by atoms with Crippen LogP contribution in [-0.2, 0) is 0 Å². The Morgan fingerprint density at radius 2 is 1.56 bits per heavy atom. The molecule has 0 aliphatic rings. The van der Waals surface area contributed by atoms with Gasteiger partial charge < -0.3 is 15.2 Å². The number of ether oxygens (including phenoxy) is 2. The molecule has 3 nitrogen and oxygen atoms in total. The third-order valence-corrected chi connectivity index (χ3v) is 2.46. The first kappa shape index (κ1) is 12.8. The molecule has 1 atom stereocenters. The summed E-state index contributed by atoms with van der Waals surface area (Å²) in [5.74, 6) is 1.72. The molecule has 0 radical (unpaired) electrons. The maximum absolute atomic E-state index is 5.88. The maximum Gasteiger partial charge on any atom is 0.126 e. The Balaban J connectivity index is 3.16. The van der Waals surface area contributed by atoms with Gasteiger partial charge in [-0.3, -0.25) is 0 Å². The van der Waals surface area contributed by atoms with Crippen LogP contribution in [0, 0.1) is 6.92 Å². The summed E-state index contributed by atoms with van der Waals surface area (Å²) in [6.45, 7) is 9.19. The minimum Gasteiger partial charge on any atom is -0.493 e. The highest BCUT2D eigenvalue weighted by atomic mass is 16.5. The van der Waals surface area contributed by atoms with E-state index >= 15 is 0 Å². The first-order valence-corrected chi connectivity index (χ1v) is 5.75. The molecule has 0 fully saturated rings. The van der Waals surface area contributed by atoms with Gasteiger partial charge in [0.2, 0.25) is 0 Å². The molecule has 0 saturated heterocycles. The largest absolute Gasteiger partial charge is 0.493 e. The fourth-order valence-corrected chi connectivity index (χ4v) is 1.56. The van der Waals surface area contributed by atoms with Crippen molar-refractivity contribution in [2.75, 3.05) is 13.2 Å². The van der Waals surface area contributed by atoms with Gasteiger partial charge in [-0.05, 0) is 45.4 Å². The van der Waals surface area contributed by atoms with Crippen molar-refractivity contribution in [2.45, 2.75) is 33.7 Å².